The molecule has 0 spiro atoms. The highest BCUT2D eigenvalue weighted by Crippen LogP contribution is 2.24. The third kappa shape index (κ3) is 3.46. The lowest BCUT2D eigenvalue weighted by atomic mass is 10.0. The summed E-state index contributed by atoms with van der Waals surface area (Å²) in [6, 6.07) is 4.60. The zero-order valence-electron chi connectivity index (χ0n) is 10.5. The molecule has 4 heteroatoms. The number of phenolic OH excluding ortho intramolecular Hbond substituents is 1. The van der Waals surface area contributed by atoms with E-state index in [4.69, 9.17) is 5.73 Å². The fourth-order valence-corrected chi connectivity index (χ4v) is 1.42. The molecule has 1 aromatic carbocycles. The topological polar surface area (TPSA) is 75.3 Å². The van der Waals surface area contributed by atoms with E-state index in [1.807, 2.05) is 26.8 Å². The molecule has 1 amide bonds. The minimum absolute atomic E-state index is 0.0616. The molecule has 1 aromatic rings. The van der Waals surface area contributed by atoms with Gasteiger partial charge in [0.05, 0.1) is 11.7 Å². The average Bonchev–Trinajstić information content (AvgIpc) is 2.30. The van der Waals surface area contributed by atoms with Crippen LogP contribution in [0.2, 0.25) is 0 Å². The Hall–Kier alpha value is -1.55. The summed E-state index contributed by atoms with van der Waals surface area (Å²) in [6.07, 6.45) is 0.847. The Morgan fingerprint density at radius 1 is 1.47 bits per heavy atom. The van der Waals surface area contributed by atoms with Crippen LogP contribution in [0, 0.1) is 5.92 Å². The number of hydrogen-bond acceptors (Lipinski definition) is 3. The van der Waals surface area contributed by atoms with Gasteiger partial charge in [-0.1, -0.05) is 26.8 Å². The molecule has 1 atom stereocenters. The fourth-order valence-electron chi connectivity index (χ4n) is 1.42. The maximum absolute atomic E-state index is 11.8. The lowest BCUT2D eigenvalue weighted by molar-refractivity contribution is -0.118. The van der Waals surface area contributed by atoms with Crippen molar-refractivity contribution in [3.63, 3.8) is 0 Å². The standard InChI is InChI=1S/C13H20N2O2/c1-4-9-5-6-11(16)10(7-9)15-13(17)12(14)8(2)3/h5-8,12,16H,4,14H2,1-3H3,(H,15,17). The second-order valence-corrected chi connectivity index (χ2v) is 4.46. The van der Waals surface area contributed by atoms with Gasteiger partial charge in [-0.3, -0.25) is 4.79 Å². The van der Waals surface area contributed by atoms with Gasteiger partial charge in [0.15, 0.2) is 0 Å². The first-order valence-corrected chi connectivity index (χ1v) is 5.84. The summed E-state index contributed by atoms with van der Waals surface area (Å²) in [5, 5.41) is 12.3. The Morgan fingerprint density at radius 2 is 2.12 bits per heavy atom. The minimum Gasteiger partial charge on any atom is -0.506 e. The van der Waals surface area contributed by atoms with Gasteiger partial charge in [0.2, 0.25) is 5.91 Å². The SMILES string of the molecule is CCc1ccc(O)c(NC(=O)C(N)C(C)C)c1. The molecule has 0 heterocycles. The molecule has 0 aliphatic carbocycles. The van der Waals surface area contributed by atoms with E-state index in [0.717, 1.165) is 12.0 Å². The average molecular weight is 236 g/mol. The van der Waals surface area contributed by atoms with Crippen molar-refractivity contribution in [2.45, 2.75) is 33.2 Å². The third-order valence-corrected chi connectivity index (χ3v) is 2.75. The van der Waals surface area contributed by atoms with Crippen LogP contribution in [0.1, 0.15) is 26.3 Å². The van der Waals surface area contributed by atoms with Crippen molar-refractivity contribution in [3.8, 4) is 5.75 Å². The lowest BCUT2D eigenvalue weighted by Crippen LogP contribution is -2.39. The van der Waals surface area contributed by atoms with Gasteiger partial charge in [-0.15, -0.1) is 0 Å². The summed E-state index contributed by atoms with van der Waals surface area (Å²) in [5.74, 6) is -0.151. The van der Waals surface area contributed by atoms with Gasteiger partial charge >= 0.3 is 0 Å². The van der Waals surface area contributed by atoms with Crippen LogP contribution in [0.15, 0.2) is 18.2 Å². The summed E-state index contributed by atoms with van der Waals surface area (Å²) >= 11 is 0. The Morgan fingerprint density at radius 3 is 2.65 bits per heavy atom. The molecule has 0 aliphatic heterocycles. The number of carbonyl (C=O) groups is 1. The summed E-state index contributed by atoms with van der Waals surface area (Å²) in [5.41, 5.74) is 7.21. The number of carbonyl (C=O) groups excluding carboxylic acids is 1. The molecule has 1 unspecified atom stereocenters. The molecule has 4 N–H and O–H groups in total. The number of benzene rings is 1. The number of phenols is 1. The molecule has 17 heavy (non-hydrogen) atoms. The van der Waals surface area contributed by atoms with Gasteiger partial charge in [0.25, 0.3) is 0 Å². The van der Waals surface area contributed by atoms with Gasteiger partial charge in [0, 0.05) is 0 Å². The maximum Gasteiger partial charge on any atom is 0.241 e. The molecule has 0 fully saturated rings. The largest absolute Gasteiger partial charge is 0.506 e. The highest BCUT2D eigenvalue weighted by Gasteiger charge is 2.18. The zero-order chi connectivity index (χ0) is 13.0. The lowest BCUT2D eigenvalue weighted by Gasteiger charge is -2.16. The molecule has 0 bridgehead atoms. The molecular weight excluding hydrogens is 216 g/mol. The maximum atomic E-state index is 11.8. The highest BCUT2D eigenvalue weighted by molar-refractivity contribution is 5.96. The van der Waals surface area contributed by atoms with Gasteiger partial charge in [-0.2, -0.15) is 0 Å². The Labute approximate surface area is 102 Å². The van der Waals surface area contributed by atoms with Crippen LogP contribution in [0.4, 0.5) is 5.69 Å². The Balaban J connectivity index is 2.84. The molecule has 0 aromatic heterocycles. The van der Waals surface area contributed by atoms with Crippen LogP contribution >= 0.6 is 0 Å². The van der Waals surface area contributed by atoms with Crippen molar-refractivity contribution in [2.24, 2.45) is 11.7 Å². The van der Waals surface area contributed by atoms with E-state index in [-0.39, 0.29) is 17.6 Å². The van der Waals surface area contributed by atoms with Crippen molar-refractivity contribution in [2.75, 3.05) is 5.32 Å². The van der Waals surface area contributed by atoms with E-state index < -0.39 is 6.04 Å². The number of amides is 1. The van der Waals surface area contributed by atoms with Gasteiger partial charge in [-0.25, -0.2) is 0 Å². The normalized spacial score (nSPS) is 12.5. The smallest absolute Gasteiger partial charge is 0.241 e. The monoisotopic (exact) mass is 236 g/mol. The first-order valence-electron chi connectivity index (χ1n) is 5.84. The summed E-state index contributed by atoms with van der Waals surface area (Å²) in [4.78, 5) is 11.8. The van der Waals surface area contributed by atoms with Crippen molar-refractivity contribution < 1.29 is 9.90 Å². The first-order chi connectivity index (χ1) is 7.95. The second kappa shape index (κ2) is 5.68. The predicted molar refractivity (Wildman–Crippen MR) is 68.9 cm³/mol. The van der Waals surface area contributed by atoms with Crippen LogP contribution in [-0.2, 0) is 11.2 Å². The highest BCUT2D eigenvalue weighted by atomic mass is 16.3. The predicted octanol–water partition coefficient (Wildman–Crippen LogP) is 1.88. The number of hydrogen-bond donors (Lipinski definition) is 3. The van der Waals surface area contributed by atoms with Crippen LogP contribution < -0.4 is 11.1 Å². The quantitative estimate of drug-likeness (QED) is 0.699. The van der Waals surface area contributed by atoms with Crippen molar-refractivity contribution in [1.29, 1.82) is 0 Å². The molecule has 0 aliphatic rings. The van der Waals surface area contributed by atoms with Gasteiger partial charge in [0.1, 0.15) is 5.75 Å². The van der Waals surface area contributed by atoms with Crippen LogP contribution in [0.3, 0.4) is 0 Å². The third-order valence-electron chi connectivity index (χ3n) is 2.75. The molecule has 0 saturated heterocycles. The van der Waals surface area contributed by atoms with Crippen LogP contribution in [0.5, 0.6) is 5.75 Å². The molecule has 94 valence electrons. The van der Waals surface area contributed by atoms with E-state index in [1.165, 1.54) is 0 Å². The van der Waals surface area contributed by atoms with Gasteiger partial charge < -0.3 is 16.2 Å². The number of nitrogens with one attached hydrogen (secondary N) is 1. The van der Waals surface area contributed by atoms with Crippen molar-refractivity contribution in [3.05, 3.63) is 23.8 Å². The molecular formula is C13H20N2O2. The van der Waals surface area contributed by atoms with E-state index in [9.17, 15) is 9.90 Å². The Kier molecular flexibility index (Phi) is 4.52. The van der Waals surface area contributed by atoms with E-state index in [0.29, 0.717) is 5.69 Å². The molecule has 0 radical (unpaired) electrons. The molecule has 4 nitrogen and oxygen atoms in total. The number of rotatable bonds is 4. The Bertz CT molecular complexity index is 402. The summed E-state index contributed by atoms with van der Waals surface area (Å²) < 4.78 is 0. The minimum atomic E-state index is -0.570. The second-order valence-electron chi connectivity index (χ2n) is 4.46. The fraction of sp³-hybridized carbons (Fsp3) is 0.462. The van der Waals surface area contributed by atoms with E-state index in [2.05, 4.69) is 5.32 Å². The van der Waals surface area contributed by atoms with Gasteiger partial charge in [-0.05, 0) is 30.0 Å². The van der Waals surface area contributed by atoms with E-state index >= 15 is 0 Å². The number of anilines is 1. The first kappa shape index (κ1) is 13.5. The number of nitrogens with two attached hydrogens (primary N) is 1. The number of aryl methyl sites for hydroxylation is 1. The van der Waals surface area contributed by atoms with Crippen molar-refractivity contribution >= 4 is 11.6 Å². The summed E-state index contributed by atoms with van der Waals surface area (Å²) in [6.45, 7) is 5.77. The van der Waals surface area contributed by atoms with Crippen LogP contribution in [-0.4, -0.2) is 17.1 Å². The molecule has 1 rings (SSSR count). The summed E-state index contributed by atoms with van der Waals surface area (Å²) in [7, 11) is 0. The van der Waals surface area contributed by atoms with E-state index in [1.54, 1.807) is 12.1 Å². The zero-order valence-corrected chi connectivity index (χ0v) is 10.5. The van der Waals surface area contributed by atoms with Crippen molar-refractivity contribution in [1.82, 2.24) is 0 Å². The van der Waals surface area contributed by atoms with Crippen LogP contribution in [0.25, 0.3) is 0 Å². The molecule has 0 saturated carbocycles. The number of aromatic hydroxyl groups is 1.